The van der Waals surface area contributed by atoms with Gasteiger partial charge in [-0.05, 0) is 37.6 Å². The van der Waals surface area contributed by atoms with Crippen LogP contribution in [0.1, 0.15) is 11.3 Å². The van der Waals surface area contributed by atoms with Crippen molar-refractivity contribution in [2.24, 2.45) is 0 Å². The van der Waals surface area contributed by atoms with Crippen LogP contribution in [-0.4, -0.2) is 24.8 Å². The van der Waals surface area contributed by atoms with E-state index in [1.165, 1.54) is 6.07 Å². The van der Waals surface area contributed by atoms with Crippen molar-refractivity contribution in [2.75, 3.05) is 0 Å². The van der Waals surface area contributed by atoms with Gasteiger partial charge in [0.2, 0.25) is 0 Å². The Morgan fingerprint density at radius 2 is 2.10 bits per heavy atom. The van der Waals surface area contributed by atoms with E-state index in [2.05, 4.69) is 20.3 Å². The summed E-state index contributed by atoms with van der Waals surface area (Å²) in [7, 11) is 0. The Morgan fingerprint density at radius 3 is 2.95 bits per heavy atom. The van der Waals surface area contributed by atoms with Crippen LogP contribution in [0, 0.1) is 19.7 Å². The van der Waals surface area contributed by atoms with Crippen LogP contribution in [0.4, 0.5) is 4.39 Å². The van der Waals surface area contributed by atoms with E-state index in [1.807, 2.05) is 25.3 Å². The largest absolute Gasteiger partial charge is 0.278 e. The zero-order chi connectivity index (χ0) is 14.6. The number of fused-ring (bicyclic) bond motifs is 2. The van der Waals surface area contributed by atoms with Crippen molar-refractivity contribution in [2.45, 2.75) is 13.8 Å². The first kappa shape index (κ1) is 12.0. The van der Waals surface area contributed by atoms with Gasteiger partial charge in [-0.15, -0.1) is 0 Å². The van der Waals surface area contributed by atoms with Crippen LogP contribution < -0.4 is 0 Å². The number of nitrogens with zero attached hydrogens (tertiary/aromatic N) is 4. The third kappa shape index (κ3) is 1.72. The van der Waals surface area contributed by atoms with Gasteiger partial charge in [0.05, 0.1) is 29.3 Å². The van der Waals surface area contributed by atoms with Gasteiger partial charge in [-0.2, -0.15) is 10.2 Å². The quantitative estimate of drug-likeness (QED) is 0.583. The number of aromatic amines is 1. The van der Waals surface area contributed by atoms with Gasteiger partial charge in [0, 0.05) is 10.9 Å². The molecule has 0 aliphatic rings. The van der Waals surface area contributed by atoms with Crippen LogP contribution in [0.15, 0.2) is 30.6 Å². The Kier molecular flexibility index (Phi) is 2.35. The monoisotopic (exact) mass is 281 g/mol. The molecule has 0 fully saturated rings. The maximum absolute atomic E-state index is 14.1. The summed E-state index contributed by atoms with van der Waals surface area (Å²) in [6.45, 7) is 3.66. The molecule has 5 nitrogen and oxygen atoms in total. The Bertz CT molecular complexity index is 982. The number of rotatable bonds is 1. The van der Waals surface area contributed by atoms with E-state index in [9.17, 15) is 4.39 Å². The van der Waals surface area contributed by atoms with Crippen molar-refractivity contribution in [3.8, 4) is 11.3 Å². The highest BCUT2D eigenvalue weighted by Crippen LogP contribution is 2.31. The number of imidazole rings is 1. The fourth-order valence-electron chi connectivity index (χ4n) is 2.63. The van der Waals surface area contributed by atoms with E-state index in [0.29, 0.717) is 16.8 Å². The van der Waals surface area contributed by atoms with Crippen molar-refractivity contribution in [3.63, 3.8) is 0 Å². The Labute approximate surface area is 119 Å². The lowest BCUT2D eigenvalue weighted by Gasteiger charge is -2.08. The summed E-state index contributed by atoms with van der Waals surface area (Å²) in [5.74, 6) is -0.273. The summed E-state index contributed by atoms with van der Waals surface area (Å²) in [4.78, 5) is 4.35. The van der Waals surface area contributed by atoms with Crippen molar-refractivity contribution in [3.05, 3.63) is 47.7 Å². The van der Waals surface area contributed by atoms with Gasteiger partial charge in [-0.3, -0.25) is 5.10 Å². The molecule has 1 N–H and O–H groups in total. The molecule has 0 bridgehead atoms. The zero-order valence-corrected chi connectivity index (χ0v) is 11.6. The van der Waals surface area contributed by atoms with Crippen molar-refractivity contribution in [1.82, 2.24) is 24.8 Å². The number of hydrogen-bond donors (Lipinski definition) is 1. The lowest BCUT2D eigenvalue weighted by atomic mass is 10.0. The highest BCUT2D eigenvalue weighted by atomic mass is 19.1. The molecular formula is C15H12FN5. The molecule has 3 heterocycles. The first-order valence-corrected chi connectivity index (χ1v) is 6.59. The predicted octanol–water partition coefficient (Wildman–Crippen LogP) is 3.03. The SMILES string of the molecule is Cc1cn2nc(-c3c(C)c(F)cc4[nH]ncc34)ccc2n1. The molecule has 0 saturated heterocycles. The molecule has 3 aromatic heterocycles. The van der Waals surface area contributed by atoms with E-state index < -0.39 is 0 Å². The van der Waals surface area contributed by atoms with Crippen LogP contribution in [0.25, 0.3) is 27.8 Å². The Morgan fingerprint density at radius 1 is 1.24 bits per heavy atom. The maximum atomic E-state index is 14.1. The molecule has 0 atom stereocenters. The van der Waals surface area contributed by atoms with Crippen LogP contribution >= 0.6 is 0 Å². The Balaban J connectivity index is 2.07. The normalized spacial score (nSPS) is 11.6. The first-order chi connectivity index (χ1) is 10.1. The Hall–Kier alpha value is -2.76. The molecule has 6 heteroatoms. The van der Waals surface area contributed by atoms with E-state index in [-0.39, 0.29) is 5.82 Å². The zero-order valence-electron chi connectivity index (χ0n) is 11.6. The molecule has 0 aliphatic carbocycles. The molecule has 1 aromatic carbocycles. The molecule has 0 saturated carbocycles. The standard InChI is InChI=1S/C15H12FN5/c1-8-7-21-14(18-8)4-3-12(20-21)15-9(2)11(16)5-13-10(15)6-17-19-13/h3-7H,1-2H3,(H,17,19). The van der Waals surface area contributed by atoms with Gasteiger partial charge < -0.3 is 0 Å². The average Bonchev–Trinajstić information content (AvgIpc) is 3.04. The van der Waals surface area contributed by atoms with Gasteiger partial charge in [0.25, 0.3) is 0 Å². The van der Waals surface area contributed by atoms with Gasteiger partial charge in [-0.1, -0.05) is 0 Å². The van der Waals surface area contributed by atoms with E-state index >= 15 is 0 Å². The highest BCUT2D eigenvalue weighted by molar-refractivity contribution is 5.95. The molecule has 0 spiro atoms. The summed E-state index contributed by atoms with van der Waals surface area (Å²) in [6, 6.07) is 5.20. The summed E-state index contributed by atoms with van der Waals surface area (Å²) in [5.41, 5.74) is 4.34. The van der Waals surface area contributed by atoms with E-state index in [1.54, 1.807) is 17.6 Å². The van der Waals surface area contributed by atoms with Crippen molar-refractivity contribution in [1.29, 1.82) is 0 Å². The number of aromatic nitrogens is 5. The van der Waals surface area contributed by atoms with Crippen molar-refractivity contribution >= 4 is 16.6 Å². The van der Waals surface area contributed by atoms with Crippen LogP contribution in [0.3, 0.4) is 0 Å². The fraction of sp³-hybridized carbons (Fsp3) is 0.133. The average molecular weight is 281 g/mol. The topological polar surface area (TPSA) is 58.9 Å². The van der Waals surface area contributed by atoms with Crippen LogP contribution in [0.5, 0.6) is 0 Å². The number of benzene rings is 1. The molecule has 104 valence electrons. The third-order valence-electron chi connectivity index (χ3n) is 3.64. The minimum atomic E-state index is -0.273. The van der Waals surface area contributed by atoms with Gasteiger partial charge in [-0.25, -0.2) is 13.9 Å². The number of halogens is 1. The lowest BCUT2D eigenvalue weighted by molar-refractivity contribution is 0.620. The van der Waals surface area contributed by atoms with Gasteiger partial charge in [0.15, 0.2) is 5.65 Å². The molecule has 21 heavy (non-hydrogen) atoms. The van der Waals surface area contributed by atoms with Gasteiger partial charge >= 0.3 is 0 Å². The number of nitrogens with one attached hydrogen (secondary N) is 1. The molecule has 0 radical (unpaired) electrons. The molecule has 0 unspecified atom stereocenters. The van der Waals surface area contributed by atoms with Crippen LogP contribution in [-0.2, 0) is 0 Å². The smallest absolute Gasteiger partial charge is 0.153 e. The molecule has 4 rings (SSSR count). The minimum Gasteiger partial charge on any atom is -0.278 e. The molecule has 4 aromatic rings. The summed E-state index contributed by atoms with van der Waals surface area (Å²) >= 11 is 0. The number of hydrogen-bond acceptors (Lipinski definition) is 3. The van der Waals surface area contributed by atoms with E-state index in [0.717, 1.165) is 22.3 Å². The first-order valence-electron chi connectivity index (χ1n) is 6.59. The second-order valence-electron chi connectivity index (χ2n) is 5.09. The second-order valence-corrected chi connectivity index (χ2v) is 5.09. The summed E-state index contributed by atoms with van der Waals surface area (Å²) in [5, 5.41) is 12.2. The van der Waals surface area contributed by atoms with Crippen LogP contribution in [0.2, 0.25) is 0 Å². The second kappa shape index (κ2) is 4.12. The molecular weight excluding hydrogens is 269 g/mol. The molecule has 0 aliphatic heterocycles. The minimum absolute atomic E-state index is 0.273. The highest BCUT2D eigenvalue weighted by Gasteiger charge is 2.15. The number of H-pyrrole nitrogens is 1. The third-order valence-corrected chi connectivity index (χ3v) is 3.64. The summed E-state index contributed by atoms with van der Waals surface area (Å²) in [6.07, 6.45) is 3.54. The summed E-state index contributed by atoms with van der Waals surface area (Å²) < 4.78 is 15.8. The van der Waals surface area contributed by atoms with Crippen molar-refractivity contribution < 1.29 is 4.39 Å². The number of aryl methyl sites for hydroxylation is 1. The predicted molar refractivity (Wildman–Crippen MR) is 77.5 cm³/mol. The van der Waals surface area contributed by atoms with E-state index in [4.69, 9.17) is 0 Å². The molecule has 0 amide bonds. The maximum Gasteiger partial charge on any atom is 0.153 e. The fourth-order valence-corrected chi connectivity index (χ4v) is 2.63. The van der Waals surface area contributed by atoms with Gasteiger partial charge in [0.1, 0.15) is 5.82 Å². The lowest BCUT2D eigenvalue weighted by Crippen LogP contribution is -1.97.